The second-order valence-corrected chi connectivity index (χ2v) is 8.95. The second kappa shape index (κ2) is 7.78. The van der Waals surface area contributed by atoms with Gasteiger partial charge in [-0.1, -0.05) is 18.2 Å². The van der Waals surface area contributed by atoms with Crippen LogP contribution in [-0.2, 0) is 4.79 Å². The first kappa shape index (κ1) is 20.8. The van der Waals surface area contributed by atoms with Crippen LogP contribution in [0.5, 0.6) is 5.75 Å². The molecule has 5 rings (SSSR count). The smallest absolute Gasteiger partial charge is 0.262 e. The third kappa shape index (κ3) is 3.30. The van der Waals surface area contributed by atoms with Gasteiger partial charge in [0.05, 0.1) is 5.69 Å². The molecular weight excluding hydrogens is 409 g/mol. The Kier molecular flexibility index (Phi) is 5.04. The zero-order valence-corrected chi connectivity index (χ0v) is 18.8. The summed E-state index contributed by atoms with van der Waals surface area (Å²) in [5, 5.41) is 4.19. The number of hydrazone groups is 1. The molecule has 3 aliphatic heterocycles. The van der Waals surface area contributed by atoms with E-state index in [1.165, 1.54) is 6.07 Å². The number of halogens is 1. The number of benzene rings is 2. The minimum absolute atomic E-state index is 0.164. The molecule has 3 heterocycles. The van der Waals surface area contributed by atoms with E-state index in [-0.39, 0.29) is 24.4 Å². The van der Waals surface area contributed by atoms with Gasteiger partial charge in [0.2, 0.25) is 0 Å². The molecule has 1 fully saturated rings. The topological polar surface area (TPSA) is 60.4 Å². The number of anilines is 2. The first-order valence-corrected chi connectivity index (χ1v) is 11.0. The van der Waals surface area contributed by atoms with Gasteiger partial charge in [-0.3, -0.25) is 9.69 Å². The van der Waals surface area contributed by atoms with Crippen LogP contribution in [0.25, 0.3) is 11.1 Å². The molecule has 1 saturated heterocycles. The van der Waals surface area contributed by atoms with Crippen molar-refractivity contribution in [3.63, 3.8) is 0 Å². The van der Waals surface area contributed by atoms with E-state index < -0.39 is 6.04 Å². The van der Waals surface area contributed by atoms with Crippen LogP contribution in [0.15, 0.2) is 41.5 Å². The van der Waals surface area contributed by atoms with Gasteiger partial charge in [0.1, 0.15) is 24.2 Å². The lowest BCUT2D eigenvalue weighted by molar-refractivity contribution is -0.122. The average Bonchev–Trinajstić information content (AvgIpc) is 2.78. The highest BCUT2D eigenvalue weighted by Gasteiger charge is 2.37. The Bertz CT molecular complexity index is 1100. The zero-order valence-electron chi connectivity index (χ0n) is 18.8. The SMILES string of the molecule is C[C@@H]1C(=O)NN=C2COc3cc(-c4ccccc4F)c(N4C[C@H](C)N(C)C[C@@H]4C)cc3N21. The van der Waals surface area contributed by atoms with Gasteiger partial charge < -0.3 is 14.5 Å². The van der Waals surface area contributed by atoms with Crippen molar-refractivity contribution >= 4 is 23.1 Å². The van der Waals surface area contributed by atoms with E-state index in [0.717, 1.165) is 30.0 Å². The summed E-state index contributed by atoms with van der Waals surface area (Å²) in [6.45, 7) is 8.20. The number of rotatable bonds is 2. The van der Waals surface area contributed by atoms with Gasteiger partial charge in [-0.15, -0.1) is 0 Å². The summed E-state index contributed by atoms with van der Waals surface area (Å²) in [6, 6.07) is 11.0. The minimum atomic E-state index is -0.416. The fourth-order valence-electron chi connectivity index (χ4n) is 4.83. The number of piperazine rings is 1. The maximum atomic E-state index is 14.9. The number of hydrogen-bond donors (Lipinski definition) is 1. The molecule has 3 atom stereocenters. The zero-order chi connectivity index (χ0) is 22.6. The lowest BCUT2D eigenvalue weighted by atomic mass is 9.97. The van der Waals surface area contributed by atoms with Crippen molar-refractivity contribution in [1.82, 2.24) is 10.3 Å². The van der Waals surface area contributed by atoms with Crippen molar-refractivity contribution in [2.45, 2.75) is 38.9 Å². The largest absolute Gasteiger partial charge is 0.483 e. The van der Waals surface area contributed by atoms with Crippen LogP contribution in [0.2, 0.25) is 0 Å². The average molecular weight is 438 g/mol. The molecule has 0 bridgehead atoms. The van der Waals surface area contributed by atoms with Crippen LogP contribution in [0.3, 0.4) is 0 Å². The molecule has 168 valence electrons. The molecule has 1 N–H and O–H groups in total. The number of fused-ring (bicyclic) bond motifs is 3. The Labute approximate surface area is 187 Å². The molecule has 0 saturated carbocycles. The summed E-state index contributed by atoms with van der Waals surface area (Å²) in [5.74, 6) is 0.853. The Balaban J connectivity index is 1.70. The van der Waals surface area contributed by atoms with Gasteiger partial charge in [0, 0.05) is 42.0 Å². The molecule has 0 aliphatic carbocycles. The fraction of sp³-hybridized carbons (Fsp3) is 0.417. The molecule has 0 spiro atoms. The maximum absolute atomic E-state index is 14.9. The van der Waals surface area contributed by atoms with Crippen LogP contribution in [0.4, 0.5) is 15.8 Å². The summed E-state index contributed by atoms with van der Waals surface area (Å²) >= 11 is 0. The van der Waals surface area contributed by atoms with Crippen LogP contribution in [-0.4, -0.2) is 61.5 Å². The Morgan fingerprint density at radius 3 is 2.62 bits per heavy atom. The first-order chi connectivity index (χ1) is 15.3. The van der Waals surface area contributed by atoms with Crippen molar-refractivity contribution in [3.8, 4) is 16.9 Å². The Hall–Kier alpha value is -3.13. The van der Waals surface area contributed by atoms with E-state index in [2.05, 4.69) is 41.2 Å². The number of nitrogens with zero attached hydrogens (tertiary/aromatic N) is 4. The predicted octanol–water partition coefficient (Wildman–Crippen LogP) is 3.05. The van der Waals surface area contributed by atoms with Crippen molar-refractivity contribution in [2.75, 3.05) is 36.5 Å². The highest BCUT2D eigenvalue weighted by atomic mass is 19.1. The monoisotopic (exact) mass is 437 g/mol. The molecule has 2 aromatic carbocycles. The first-order valence-electron chi connectivity index (χ1n) is 11.0. The summed E-state index contributed by atoms with van der Waals surface area (Å²) in [6.07, 6.45) is 0. The lowest BCUT2D eigenvalue weighted by Gasteiger charge is -2.45. The van der Waals surface area contributed by atoms with E-state index in [1.807, 2.05) is 30.0 Å². The van der Waals surface area contributed by atoms with E-state index in [9.17, 15) is 9.18 Å². The molecular formula is C24H28FN5O2. The number of carbonyl (C=O) groups excluding carboxylic acids is 1. The third-order valence-electron chi connectivity index (χ3n) is 6.80. The molecule has 32 heavy (non-hydrogen) atoms. The van der Waals surface area contributed by atoms with Crippen LogP contribution >= 0.6 is 0 Å². The number of carbonyl (C=O) groups is 1. The minimum Gasteiger partial charge on any atom is -0.483 e. The number of hydrogen-bond acceptors (Lipinski definition) is 6. The molecule has 0 aromatic heterocycles. The molecule has 0 unspecified atom stereocenters. The van der Waals surface area contributed by atoms with Gasteiger partial charge >= 0.3 is 0 Å². The number of amides is 1. The van der Waals surface area contributed by atoms with E-state index >= 15 is 0 Å². The molecule has 7 nitrogen and oxygen atoms in total. The van der Waals surface area contributed by atoms with E-state index in [0.29, 0.717) is 23.2 Å². The van der Waals surface area contributed by atoms with E-state index in [1.54, 1.807) is 12.1 Å². The molecule has 8 heteroatoms. The Morgan fingerprint density at radius 1 is 1.06 bits per heavy atom. The van der Waals surface area contributed by atoms with Gasteiger partial charge in [-0.2, -0.15) is 5.10 Å². The molecule has 0 radical (unpaired) electrons. The molecule has 1 amide bonds. The Morgan fingerprint density at radius 2 is 1.84 bits per heavy atom. The lowest BCUT2D eigenvalue weighted by Crippen LogP contribution is -2.56. The maximum Gasteiger partial charge on any atom is 0.262 e. The molecule has 2 aromatic rings. The van der Waals surface area contributed by atoms with Gasteiger partial charge in [0.25, 0.3) is 5.91 Å². The van der Waals surface area contributed by atoms with Gasteiger partial charge in [0.15, 0.2) is 5.84 Å². The van der Waals surface area contributed by atoms with Crippen molar-refractivity contribution in [3.05, 3.63) is 42.2 Å². The fourth-order valence-corrected chi connectivity index (χ4v) is 4.83. The van der Waals surface area contributed by atoms with Crippen LogP contribution < -0.4 is 20.0 Å². The highest BCUT2D eigenvalue weighted by Crippen LogP contribution is 2.45. The quantitative estimate of drug-likeness (QED) is 0.783. The number of amidine groups is 1. The predicted molar refractivity (Wildman–Crippen MR) is 124 cm³/mol. The van der Waals surface area contributed by atoms with Crippen LogP contribution in [0, 0.1) is 5.82 Å². The standard InChI is InChI=1S/C24H28FN5O2/c1-14-12-29(15(2)11-28(14)4)20-10-21-22(9-18(20)17-7-5-6-8-19(17)25)32-13-23-26-27-24(31)16(3)30(21)23/h5-10,14-16H,11-13H2,1-4H3,(H,27,31)/t14-,15-,16+/m0/s1. The molecule has 3 aliphatic rings. The number of nitrogens with one attached hydrogen (secondary N) is 1. The highest BCUT2D eigenvalue weighted by molar-refractivity contribution is 6.10. The van der Waals surface area contributed by atoms with Gasteiger partial charge in [-0.05, 0) is 46.0 Å². The summed E-state index contributed by atoms with van der Waals surface area (Å²) in [7, 11) is 2.13. The van der Waals surface area contributed by atoms with E-state index in [4.69, 9.17) is 4.74 Å². The second-order valence-electron chi connectivity index (χ2n) is 8.95. The summed E-state index contributed by atoms with van der Waals surface area (Å²) < 4.78 is 20.9. The number of ether oxygens (including phenoxy) is 1. The van der Waals surface area contributed by atoms with Gasteiger partial charge in [-0.25, -0.2) is 9.82 Å². The third-order valence-corrected chi connectivity index (χ3v) is 6.80. The summed E-state index contributed by atoms with van der Waals surface area (Å²) in [5.41, 5.74) is 5.61. The normalized spacial score (nSPS) is 25.5. The van der Waals surface area contributed by atoms with Crippen LogP contribution in [0.1, 0.15) is 20.8 Å². The van der Waals surface area contributed by atoms with Crippen molar-refractivity contribution in [2.24, 2.45) is 5.10 Å². The van der Waals surface area contributed by atoms with Crippen molar-refractivity contribution in [1.29, 1.82) is 0 Å². The number of likely N-dealkylation sites (N-methyl/N-ethyl adjacent to an activating group) is 1. The van der Waals surface area contributed by atoms with Crippen molar-refractivity contribution < 1.29 is 13.9 Å². The summed E-state index contributed by atoms with van der Waals surface area (Å²) in [4.78, 5) is 19.0.